The Morgan fingerprint density at radius 3 is 2.50 bits per heavy atom. The van der Waals surface area contributed by atoms with Gasteiger partial charge < -0.3 is 9.84 Å². The van der Waals surface area contributed by atoms with Crippen molar-refractivity contribution in [3.8, 4) is 0 Å². The molecule has 1 heterocycles. The van der Waals surface area contributed by atoms with E-state index in [1.165, 1.54) is 18.4 Å². The minimum atomic E-state index is -1.33. The lowest BCUT2D eigenvalue weighted by Gasteiger charge is -2.17. The van der Waals surface area contributed by atoms with Gasteiger partial charge in [-0.05, 0) is 34.1 Å². The average Bonchev–Trinajstić information content (AvgIpc) is 2.67. The third-order valence-electron chi connectivity index (χ3n) is 2.68. The van der Waals surface area contributed by atoms with Crippen LogP contribution >= 0.6 is 0 Å². The Morgan fingerprint density at radius 1 is 1.50 bits per heavy atom. The summed E-state index contributed by atoms with van der Waals surface area (Å²) < 4.78 is 6.30. The molecule has 0 atom stereocenters. The molecule has 0 unspecified atom stereocenters. The largest absolute Gasteiger partial charge is 0.458 e. The van der Waals surface area contributed by atoms with E-state index >= 15 is 0 Å². The maximum absolute atomic E-state index is 12.2. The van der Waals surface area contributed by atoms with E-state index in [0.717, 1.165) is 6.42 Å². The number of carbonyl (C=O) groups excluding carboxylic acids is 2. The Morgan fingerprint density at radius 2 is 2.10 bits per heavy atom. The zero-order valence-corrected chi connectivity index (χ0v) is 12.6. The van der Waals surface area contributed by atoms with Crippen molar-refractivity contribution in [3.63, 3.8) is 0 Å². The fraction of sp³-hybridized carbons (Fsp3) is 0.643. The van der Waals surface area contributed by atoms with Crippen molar-refractivity contribution in [2.24, 2.45) is 0 Å². The maximum atomic E-state index is 12.2. The molecule has 0 saturated carbocycles. The van der Waals surface area contributed by atoms with Crippen molar-refractivity contribution in [2.45, 2.75) is 59.2 Å². The summed E-state index contributed by atoms with van der Waals surface area (Å²) in [4.78, 5) is 27.7. The molecule has 1 N–H and O–H groups in total. The van der Waals surface area contributed by atoms with Crippen LogP contribution < -0.4 is 0 Å². The van der Waals surface area contributed by atoms with Crippen LogP contribution in [0.5, 0.6) is 0 Å². The highest BCUT2D eigenvalue weighted by molar-refractivity contribution is 5.92. The molecule has 0 amide bonds. The summed E-state index contributed by atoms with van der Waals surface area (Å²) in [5.41, 5.74) is -1.16. The molecular weight excluding hydrogens is 260 g/mol. The average molecular weight is 282 g/mol. The van der Waals surface area contributed by atoms with Gasteiger partial charge in [0.15, 0.2) is 5.69 Å². The molecule has 0 aliphatic carbocycles. The SMILES string of the molecule is CCCc1nc(C(C)(C)O)c(C(=O)OC(C)C)n1C=O. The van der Waals surface area contributed by atoms with Gasteiger partial charge in [0.1, 0.15) is 17.1 Å². The van der Waals surface area contributed by atoms with Crippen molar-refractivity contribution in [1.29, 1.82) is 0 Å². The number of esters is 1. The molecule has 1 aromatic rings. The van der Waals surface area contributed by atoms with Gasteiger partial charge >= 0.3 is 5.97 Å². The Balaban J connectivity index is 3.43. The predicted octanol–water partition coefficient (Wildman–Crippen LogP) is 1.67. The first-order valence-electron chi connectivity index (χ1n) is 6.72. The molecule has 0 spiro atoms. The van der Waals surface area contributed by atoms with Crippen molar-refractivity contribution in [3.05, 3.63) is 17.2 Å². The number of hydrogen-bond donors (Lipinski definition) is 1. The number of rotatable bonds is 6. The van der Waals surface area contributed by atoms with E-state index in [1.807, 2.05) is 6.92 Å². The second-order valence-electron chi connectivity index (χ2n) is 5.46. The van der Waals surface area contributed by atoms with Gasteiger partial charge in [0, 0.05) is 6.42 Å². The quantitative estimate of drug-likeness (QED) is 0.634. The van der Waals surface area contributed by atoms with E-state index in [1.54, 1.807) is 13.8 Å². The number of aromatic nitrogens is 2. The summed E-state index contributed by atoms with van der Waals surface area (Å²) in [6.45, 7) is 8.42. The first-order valence-corrected chi connectivity index (χ1v) is 6.72. The molecule has 1 aromatic heterocycles. The highest BCUT2D eigenvalue weighted by Crippen LogP contribution is 2.25. The summed E-state index contributed by atoms with van der Waals surface area (Å²) in [5, 5.41) is 10.2. The van der Waals surface area contributed by atoms with Crippen LogP contribution in [-0.4, -0.2) is 33.1 Å². The Labute approximate surface area is 118 Å². The van der Waals surface area contributed by atoms with E-state index in [9.17, 15) is 14.7 Å². The third kappa shape index (κ3) is 3.45. The Kier molecular flexibility index (Phi) is 5.05. The van der Waals surface area contributed by atoms with E-state index < -0.39 is 11.6 Å². The number of hydrogen-bond acceptors (Lipinski definition) is 5. The van der Waals surface area contributed by atoms with Gasteiger partial charge in [-0.3, -0.25) is 9.36 Å². The standard InChI is InChI=1S/C14H22N2O4/c1-6-7-10-15-12(14(4,5)19)11(16(10)8-17)13(18)20-9(2)3/h8-9,19H,6-7H2,1-5H3. The number of aryl methyl sites for hydroxylation is 1. The van der Waals surface area contributed by atoms with E-state index in [4.69, 9.17) is 4.74 Å². The molecule has 20 heavy (non-hydrogen) atoms. The van der Waals surface area contributed by atoms with E-state index in [-0.39, 0.29) is 17.5 Å². The van der Waals surface area contributed by atoms with Crippen LogP contribution in [0.3, 0.4) is 0 Å². The first kappa shape index (κ1) is 16.4. The van der Waals surface area contributed by atoms with Crippen LogP contribution in [0.15, 0.2) is 0 Å². The zero-order chi connectivity index (χ0) is 15.5. The van der Waals surface area contributed by atoms with Crippen LogP contribution in [0.25, 0.3) is 0 Å². The lowest BCUT2D eigenvalue weighted by molar-refractivity contribution is 0.0338. The normalized spacial score (nSPS) is 11.8. The molecule has 6 nitrogen and oxygen atoms in total. The predicted molar refractivity (Wildman–Crippen MR) is 74.2 cm³/mol. The molecule has 112 valence electrons. The lowest BCUT2D eigenvalue weighted by Crippen LogP contribution is -2.24. The van der Waals surface area contributed by atoms with Crippen LogP contribution in [-0.2, 0) is 21.6 Å². The van der Waals surface area contributed by atoms with Crippen LogP contribution in [0.2, 0.25) is 0 Å². The summed E-state index contributed by atoms with van der Waals surface area (Å²) in [6.07, 6.45) is 1.53. The molecule has 0 aliphatic heterocycles. The van der Waals surface area contributed by atoms with Gasteiger partial charge in [-0.1, -0.05) is 6.92 Å². The molecule has 0 bridgehead atoms. The minimum Gasteiger partial charge on any atom is -0.458 e. The smallest absolute Gasteiger partial charge is 0.357 e. The molecule has 0 aromatic carbocycles. The number of imidazole rings is 1. The fourth-order valence-corrected chi connectivity index (χ4v) is 1.88. The topological polar surface area (TPSA) is 81.4 Å². The Hall–Kier alpha value is -1.69. The monoisotopic (exact) mass is 282 g/mol. The second-order valence-corrected chi connectivity index (χ2v) is 5.46. The van der Waals surface area contributed by atoms with Crippen LogP contribution in [0.4, 0.5) is 0 Å². The number of nitrogens with zero attached hydrogens (tertiary/aromatic N) is 2. The maximum Gasteiger partial charge on any atom is 0.357 e. The van der Waals surface area contributed by atoms with Gasteiger partial charge in [-0.15, -0.1) is 0 Å². The van der Waals surface area contributed by atoms with Gasteiger partial charge in [-0.25, -0.2) is 9.78 Å². The van der Waals surface area contributed by atoms with Gasteiger partial charge in [-0.2, -0.15) is 0 Å². The molecule has 0 aliphatic rings. The third-order valence-corrected chi connectivity index (χ3v) is 2.68. The molecule has 0 fully saturated rings. The molecule has 6 heteroatoms. The van der Waals surface area contributed by atoms with Gasteiger partial charge in [0.05, 0.1) is 6.10 Å². The lowest BCUT2D eigenvalue weighted by atomic mass is 10.0. The highest BCUT2D eigenvalue weighted by atomic mass is 16.5. The van der Waals surface area contributed by atoms with Crippen molar-refractivity contribution < 1.29 is 19.4 Å². The van der Waals surface area contributed by atoms with Crippen molar-refractivity contribution in [2.75, 3.05) is 0 Å². The van der Waals surface area contributed by atoms with Crippen LogP contribution in [0.1, 0.15) is 63.0 Å². The fourth-order valence-electron chi connectivity index (χ4n) is 1.88. The summed E-state index contributed by atoms with van der Waals surface area (Å²) in [7, 11) is 0. The van der Waals surface area contributed by atoms with E-state index in [0.29, 0.717) is 18.7 Å². The summed E-state index contributed by atoms with van der Waals surface area (Å²) in [6, 6.07) is 0. The number of carbonyl (C=O) groups is 2. The van der Waals surface area contributed by atoms with E-state index in [2.05, 4.69) is 4.98 Å². The second kappa shape index (κ2) is 6.17. The molecule has 1 rings (SSSR count). The number of aliphatic hydroxyl groups is 1. The van der Waals surface area contributed by atoms with Gasteiger partial charge in [0.25, 0.3) is 0 Å². The highest BCUT2D eigenvalue weighted by Gasteiger charge is 2.32. The van der Waals surface area contributed by atoms with Crippen molar-refractivity contribution in [1.82, 2.24) is 9.55 Å². The minimum absolute atomic E-state index is 0.00431. The zero-order valence-electron chi connectivity index (χ0n) is 12.6. The summed E-state index contributed by atoms with van der Waals surface area (Å²) >= 11 is 0. The Bertz CT molecular complexity index is 498. The molecule has 0 saturated heterocycles. The van der Waals surface area contributed by atoms with Crippen LogP contribution in [0, 0.1) is 0 Å². The first-order chi connectivity index (χ1) is 9.22. The van der Waals surface area contributed by atoms with Crippen molar-refractivity contribution >= 4 is 12.4 Å². The molecular formula is C14H22N2O4. The number of ether oxygens (including phenoxy) is 1. The molecule has 0 radical (unpaired) electrons. The van der Waals surface area contributed by atoms with Gasteiger partial charge in [0.2, 0.25) is 6.41 Å². The summed E-state index contributed by atoms with van der Waals surface area (Å²) in [5.74, 6) is -0.200.